The fourth-order valence-corrected chi connectivity index (χ4v) is 3.57. The molecular formula is C23H23ClFN5. The molecule has 154 valence electrons. The highest BCUT2D eigenvalue weighted by atomic mass is 35.5. The van der Waals surface area contributed by atoms with Crippen molar-refractivity contribution in [2.24, 2.45) is 0 Å². The molecule has 1 aliphatic rings. The highest BCUT2D eigenvalue weighted by Crippen LogP contribution is 2.27. The van der Waals surface area contributed by atoms with E-state index in [0.717, 1.165) is 59.4 Å². The van der Waals surface area contributed by atoms with Gasteiger partial charge in [-0.2, -0.15) is 0 Å². The largest absolute Gasteiger partial charge is 0.366 e. The lowest BCUT2D eigenvalue weighted by Crippen LogP contribution is -2.32. The zero-order valence-electron chi connectivity index (χ0n) is 16.8. The molecule has 5 nitrogen and oxygen atoms in total. The second-order valence-electron chi connectivity index (χ2n) is 7.29. The molecule has 0 saturated heterocycles. The molecule has 30 heavy (non-hydrogen) atoms. The number of anilines is 1. The summed E-state index contributed by atoms with van der Waals surface area (Å²) in [6.45, 7) is 4.78. The highest BCUT2D eigenvalue weighted by molar-refractivity contribution is 6.29. The molecule has 4 rings (SSSR count). The number of aromatic nitrogens is 3. The van der Waals surface area contributed by atoms with Crippen LogP contribution in [0, 0.1) is 5.82 Å². The molecule has 0 atom stereocenters. The van der Waals surface area contributed by atoms with E-state index in [1.807, 2.05) is 43.3 Å². The Morgan fingerprint density at radius 1 is 1.20 bits per heavy atom. The monoisotopic (exact) mass is 423 g/mol. The average Bonchev–Trinajstić information content (AvgIpc) is 2.76. The van der Waals surface area contributed by atoms with Crippen LogP contribution in [0.5, 0.6) is 0 Å². The summed E-state index contributed by atoms with van der Waals surface area (Å²) in [5.41, 5.74) is 3.96. The topological polar surface area (TPSA) is 53.9 Å². The third-order valence-electron chi connectivity index (χ3n) is 5.01. The van der Waals surface area contributed by atoms with Crippen LogP contribution in [0.3, 0.4) is 0 Å². The lowest BCUT2D eigenvalue weighted by Gasteiger charge is -2.29. The molecule has 1 aromatic carbocycles. The zero-order valence-corrected chi connectivity index (χ0v) is 17.5. The molecule has 0 bridgehead atoms. The maximum atomic E-state index is 13.2. The van der Waals surface area contributed by atoms with Crippen LogP contribution in [0.1, 0.15) is 23.7 Å². The molecule has 7 heteroatoms. The van der Waals surface area contributed by atoms with E-state index in [0.29, 0.717) is 12.4 Å². The number of halogens is 2. The van der Waals surface area contributed by atoms with Crippen LogP contribution in [-0.4, -0.2) is 32.9 Å². The van der Waals surface area contributed by atoms with Gasteiger partial charge < -0.3 is 5.32 Å². The standard InChI is InChI=1S/C23H23ClFN5/c1-16(24)9-12-27-22-19-15-30(14-17-5-7-18(25)8-6-17)13-10-20(19)28-23(29-22)21-4-2-3-11-26-21/h2-9,11H,10,12-15H2,1H3,(H,27,28,29)/b16-9-. The Labute approximate surface area is 180 Å². The molecule has 0 spiro atoms. The van der Waals surface area contributed by atoms with Gasteiger partial charge in [-0.25, -0.2) is 14.4 Å². The number of rotatable bonds is 6. The number of nitrogens with one attached hydrogen (secondary N) is 1. The van der Waals surface area contributed by atoms with Gasteiger partial charge in [0.15, 0.2) is 5.82 Å². The predicted octanol–water partition coefficient (Wildman–Crippen LogP) is 4.79. The van der Waals surface area contributed by atoms with Crippen LogP contribution in [0.15, 0.2) is 59.8 Å². The van der Waals surface area contributed by atoms with Gasteiger partial charge in [-0.1, -0.05) is 35.9 Å². The fraction of sp³-hybridized carbons (Fsp3) is 0.261. The van der Waals surface area contributed by atoms with Gasteiger partial charge in [-0.3, -0.25) is 9.88 Å². The first kappa shape index (κ1) is 20.4. The van der Waals surface area contributed by atoms with Crippen LogP contribution in [0.2, 0.25) is 0 Å². The molecule has 0 fully saturated rings. The molecule has 0 amide bonds. The summed E-state index contributed by atoms with van der Waals surface area (Å²) in [5.74, 6) is 1.21. The number of benzene rings is 1. The van der Waals surface area contributed by atoms with Crippen LogP contribution in [-0.2, 0) is 19.5 Å². The maximum absolute atomic E-state index is 13.2. The quantitative estimate of drug-likeness (QED) is 0.617. The summed E-state index contributed by atoms with van der Waals surface area (Å²) in [4.78, 5) is 16.3. The summed E-state index contributed by atoms with van der Waals surface area (Å²) in [6, 6.07) is 12.4. The van der Waals surface area contributed by atoms with Crippen LogP contribution >= 0.6 is 11.6 Å². The van der Waals surface area contributed by atoms with E-state index in [9.17, 15) is 4.39 Å². The van der Waals surface area contributed by atoms with Crippen LogP contribution in [0.4, 0.5) is 10.2 Å². The molecular weight excluding hydrogens is 401 g/mol. The van der Waals surface area contributed by atoms with E-state index in [2.05, 4.69) is 15.2 Å². The lowest BCUT2D eigenvalue weighted by atomic mass is 10.0. The normalized spacial score (nSPS) is 14.4. The first-order chi connectivity index (χ1) is 14.6. The lowest BCUT2D eigenvalue weighted by molar-refractivity contribution is 0.243. The second-order valence-corrected chi connectivity index (χ2v) is 7.89. The van der Waals surface area contributed by atoms with Gasteiger partial charge in [0, 0.05) is 49.4 Å². The Morgan fingerprint density at radius 2 is 2.03 bits per heavy atom. The third-order valence-corrected chi connectivity index (χ3v) is 5.16. The Kier molecular flexibility index (Phi) is 6.35. The molecule has 1 aliphatic heterocycles. The summed E-state index contributed by atoms with van der Waals surface area (Å²) < 4.78 is 13.2. The Hall–Kier alpha value is -2.83. The maximum Gasteiger partial charge on any atom is 0.180 e. The first-order valence-corrected chi connectivity index (χ1v) is 10.3. The first-order valence-electron chi connectivity index (χ1n) is 9.92. The molecule has 0 saturated carbocycles. The SMILES string of the molecule is C/C(Cl)=C/CNc1nc(-c2ccccn2)nc2c1CN(Cc1ccc(F)cc1)CC2. The van der Waals surface area contributed by atoms with Crippen LogP contribution in [0.25, 0.3) is 11.5 Å². The molecule has 1 N–H and O–H groups in total. The number of hydrogen-bond acceptors (Lipinski definition) is 5. The van der Waals surface area contributed by atoms with E-state index < -0.39 is 0 Å². The van der Waals surface area contributed by atoms with Crippen molar-refractivity contribution in [2.45, 2.75) is 26.4 Å². The van der Waals surface area contributed by atoms with Crippen molar-refractivity contribution in [1.29, 1.82) is 0 Å². The van der Waals surface area contributed by atoms with Crippen molar-refractivity contribution in [3.8, 4) is 11.5 Å². The minimum absolute atomic E-state index is 0.215. The van der Waals surface area contributed by atoms with Gasteiger partial charge in [0.05, 0.1) is 5.69 Å². The van der Waals surface area contributed by atoms with Crippen molar-refractivity contribution in [3.05, 3.63) is 82.4 Å². The van der Waals surface area contributed by atoms with Gasteiger partial charge in [0.2, 0.25) is 0 Å². The number of nitrogens with zero attached hydrogens (tertiary/aromatic N) is 4. The number of hydrogen-bond donors (Lipinski definition) is 1. The Bertz CT molecular complexity index is 1030. The minimum Gasteiger partial charge on any atom is -0.366 e. The molecule has 0 unspecified atom stereocenters. The van der Waals surface area contributed by atoms with Crippen molar-refractivity contribution in [2.75, 3.05) is 18.4 Å². The van der Waals surface area contributed by atoms with E-state index in [4.69, 9.17) is 21.6 Å². The Morgan fingerprint density at radius 3 is 2.77 bits per heavy atom. The predicted molar refractivity (Wildman–Crippen MR) is 118 cm³/mol. The summed E-state index contributed by atoms with van der Waals surface area (Å²) in [6.07, 6.45) is 4.48. The van der Waals surface area contributed by atoms with Gasteiger partial charge >= 0.3 is 0 Å². The second kappa shape index (κ2) is 9.32. The Balaban J connectivity index is 1.61. The third kappa shape index (κ3) is 5.01. The molecule has 0 radical (unpaired) electrons. The van der Waals surface area contributed by atoms with Gasteiger partial charge in [-0.05, 0) is 36.8 Å². The number of allylic oxidation sites excluding steroid dienone is 1. The van der Waals surface area contributed by atoms with E-state index in [-0.39, 0.29) is 5.82 Å². The molecule has 3 heterocycles. The summed E-state index contributed by atoms with van der Waals surface area (Å²) in [5, 5.41) is 4.12. The summed E-state index contributed by atoms with van der Waals surface area (Å²) in [7, 11) is 0. The molecule has 2 aromatic heterocycles. The summed E-state index contributed by atoms with van der Waals surface area (Å²) >= 11 is 5.98. The minimum atomic E-state index is -0.215. The van der Waals surface area contributed by atoms with E-state index in [1.54, 1.807) is 6.20 Å². The molecule has 3 aromatic rings. The van der Waals surface area contributed by atoms with E-state index in [1.165, 1.54) is 12.1 Å². The van der Waals surface area contributed by atoms with Crippen LogP contribution < -0.4 is 5.32 Å². The van der Waals surface area contributed by atoms with Crippen molar-refractivity contribution >= 4 is 17.4 Å². The number of fused-ring (bicyclic) bond motifs is 1. The van der Waals surface area contributed by atoms with E-state index >= 15 is 0 Å². The van der Waals surface area contributed by atoms with Gasteiger partial charge in [0.25, 0.3) is 0 Å². The van der Waals surface area contributed by atoms with Crippen molar-refractivity contribution < 1.29 is 4.39 Å². The highest BCUT2D eigenvalue weighted by Gasteiger charge is 2.23. The number of pyridine rings is 1. The fourth-order valence-electron chi connectivity index (χ4n) is 3.50. The molecule has 0 aliphatic carbocycles. The smallest absolute Gasteiger partial charge is 0.180 e. The zero-order chi connectivity index (χ0) is 20.9. The van der Waals surface area contributed by atoms with Crippen molar-refractivity contribution in [3.63, 3.8) is 0 Å². The average molecular weight is 424 g/mol. The van der Waals surface area contributed by atoms with Gasteiger partial charge in [0.1, 0.15) is 17.3 Å². The van der Waals surface area contributed by atoms with Gasteiger partial charge in [-0.15, -0.1) is 0 Å². The van der Waals surface area contributed by atoms with Crippen molar-refractivity contribution in [1.82, 2.24) is 19.9 Å².